The Labute approximate surface area is 183 Å². The Morgan fingerprint density at radius 3 is 2.43 bits per heavy atom. The van der Waals surface area contributed by atoms with Crippen LogP contribution in [-0.4, -0.2) is 35.5 Å². The molecule has 2 N–H and O–H groups in total. The molecule has 172 valence electrons. The first-order valence-corrected chi connectivity index (χ1v) is 12.5. The van der Waals surface area contributed by atoms with E-state index in [0.29, 0.717) is 24.4 Å². The summed E-state index contributed by atoms with van der Waals surface area (Å²) >= 11 is 0. The highest BCUT2D eigenvalue weighted by atomic mass is 16.5. The number of fused-ring (bicyclic) bond motifs is 3. The molecular formula is C26H44O4. The molecule has 0 unspecified atom stereocenters. The number of ether oxygens (including phenoxy) is 1. The van der Waals surface area contributed by atoms with Crippen molar-refractivity contribution in [2.24, 2.45) is 45.3 Å². The largest absolute Gasteiger partial charge is 0.465 e. The first kappa shape index (κ1) is 22.6. The van der Waals surface area contributed by atoms with E-state index in [9.17, 15) is 15.0 Å². The number of esters is 1. The van der Waals surface area contributed by atoms with Gasteiger partial charge in [-0.1, -0.05) is 34.1 Å². The van der Waals surface area contributed by atoms with Gasteiger partial charge in [0.1, 0.15) is 0 Å². The van der Waals surface area contributed by atoms with Crippen LogP contribution in [-0.2, 0) is 9.53 Å². The van der Waals surface area contributed by atoms with Crippen molar-refractivity contribution in [3.63, 3.8) is 0 Å². The van der Waals surface area contributed by atoms with Crippen LogP contribution in [0.3, 0.4) is 0 Å². The Balaban J connectivity index is 1.63. The fourth-order valence-electron chi connectivity index (χ4n) is 9.07. The first-order valence-electron chi connectivity index (χ1n) is 12.5. The van der Waals surface area contributed by atoms with Crippen molar-refractivity contribution >= 4 is 5.97 Å². The minimum absolute atomic E-state index is 0.0147. The van der Waals surface area contributed by atoms with E-state index in [4.69, 9.17) is 4.74 Å². The van der Waals surface area contributed by atoms with Gasteiger partial charge in [0, 0.05) is 12.5 Å². The molecule has 4 heteroatoms. The lowest BCUT2D eigenvalue weighted by atomic mass is 9.39. The Kier molecular flexibility index (Phi) is 5.62. The van der Waals surface area contributed by atoms with Crippen molar-refractivity contribution in [3.8, 4) is 0 Å². The van der Waals surface area contributed by atoms with Crippen molar-refractivity contribution < 1.29 is 19.7 Å². The summed E-state index contributed by atoms with van der Waals surface area (Å²) in [6, 6.07) is 0. The van der Waals surface area contributed by atoms with E-state index >= 15 is 0 Å². The molecule has 0 amide bonds. The summed E-state index contributed by atoms with van der Waals surface area (Å²) in [6.45, 7) is 11.8. The molecule has 0 aliphatic heterocycles. The lowest BCUT2D eigenvalue weighted by Gasteiger charge is -2.64. The van der Waals surface area contributed by atoms with Crippen molar-refractivity contribution in [3.05, 3.63) is 0 Å². The molecule has 2 bridgehead atoms. The van der Waals surface area contributed by atoms with E-state index in [2.05, 4.69) is 34.6 Å². The van der Waals surface area contributed by atoms with E-state index in [-0.39, 0.29) is 34.7 Å². The molecular weight excluding hydrogens is 376 g/mol. The minimum atomic E-state index is -0.404. The van der Waals surface area contributed by atoms with Crippen molar-refractivity contribution in [2.75, 3.05) is 13.2 Å². The maximum Gasteiger partial charge on any atom is 0.312 e. The molecule has 0 aromatic carbocycles. The molecule has 4 rings (SSSR count). The molecule has 4 saturated carbocycles. The van der Waals surface area contributed by atoms with Crippen LogP contribution in [0, 0.1) is 45.3 Å². The number of carbonyl (C=O) groups excluding carboxylic acids is 1. The van der Waals surface area contributed by atoms with Gasteiger partial charge in [0.25, 0.3) is 0 Å². The van der Waals surface area contributed by atoms with Gasteiger partial charge in [0.05, 0.1) is 18.1 Å². The molecule has 0 radical (unpaired) electrons. The van der Waals surface area contributed by atoms with E-state index in [1.807, 2.05) is 0 Å². The van der Waals surface area contributed by atoms with Gasteiger partial charge in [-0.3, -0.25) is 4.79 Å². The van der Waals surface area contributed by atoms with E-state index < -0.39 is 11.5 Å². The van der Waals surface area contributed by atoms with Crippen LogP contribution in [0.1, 0.15) is 92.4 Å². The van der Waals surface area contributed by atoms with Gasteiger partial charge >= 0.3 is 5.97 Å². The average molecular weight is 421 g/mol. The molecule has 1 spiro atoms. The quantitative estimate of drug-likeness (QED) is 0.617. The van der Waals surface area contributed by atoms with Gasteiger partial charge in [-0.25, -0.2) is 0 Å². The topological polar surface area (TPSA) is 66.8 Å². The molecule has 8 atom stereocenters. The van der Waals surface area contributed by atoms with Gasteiger partial charge in [-0.15, -0.1) is 0 Å². The van der Waals surface area contributed by atoms with Crippen LogP contribution < -0.4 is 0 Å². The van der Waals surface area contributed by atoms with Crippen LogP contribution in [0.2, 0.25) is 0 Å². The Hall–Kier alpha value is -0.610. The molecule has 4 nitrogen and oxygen atoms in total. The Bertz CT molecular complexity index is 676. The molecule has 4 fully saturated rings. The van der Waals surface area contributed by atoms with Gasteiger partial charge in [-0.05, 0) is 92.3 Å². The van der Waals surface area contributed by atoms with Crippen LogP contribution in [0.25, 0.3) is 0 Å². The standard InChI is InChI=1S/C26H44O4/c1-17(2)9-14-30-22(29)25(5)11-6-10-24(4)19(25)8-13-26-16-23(3,12-7-20(24)26)21(28)18(26)15-27/h17-21,27-28H,6-16H2,1-5H3/t18-,19+,20+,21-,23+,24-,25-,26-/m1/s1. The highest BCUT2D eigenvalue weighted by Gasteiger charge is 2.71. The predicted octanol–water partition coefficient (Wildman–Crippen LogP) is 4.96. The smallest absolute Gasteiger partial charge is 0.312 e. The van der Waals surface area contributed by atoms with Crippen LogP contribution in [0.4, 0.5) is 0 Å². The lowest BCUT2D eigenvalue weighted by molar-refractivity contribution is -0.193. The van der Waals surface area contributed by atoms with Crippen LogP contribution in [0.15, 0.2) is 0 Å². The number of rotatable bonds is 5. The lowest BCUT2D eigenvalue weighted by Crippen LogP contribution is -2.60. The normalized spacial score (nSPS) is 50.1. The average Bonchev–Trinajstić information content (AvgIpc) is 2.82. The highest BCUT2D eigenvalue weighted by molar-refractivity contribution is 5.77. The van der Waals surface area contributed by atoms with Gasteiger partial charge in [0.2, 0.25) is 0 Å². The zero-order valence-corrected chi connectivity index (χ0v) is 19.9. The van der Waals surface area contributed by atoms with Crippen molar-refractivity contribution in [1.82, 2.24) is 0 Å². The molecule has 30 heavy (non-hydrogen) atoms. The summed E-state index contributed by atoms with van der Waals surface area (Å²) in [6.07, 6.45) is 8.92. The zero-order valence-electron chi connectivity index (χ0n) is 19.9. The predicted molar refractivity (Wildman–Crippen MR) is 118 cm³/mol. The summed E-state index contributed by atoms with van der Waals surface area (Å²) in [5.41, 5.74) is -0.341. The number of carbonyl (C=O) groups is 1. The third-order valence-corrected chi connectivity index (χ3v) is 10.5. The maximum atomic E-state index is 13.3. The highest BCUT2D eigenvalue weighted by Crippen LogP contribution is 2.75. The summed E-state index contributed by atoms with van der Waals surface area (Å²) in [4.78, 5) is 13.3. The molecule has 0 heterocycles. The number of hydrogen-bond acceptors (Lipinski definition) is 4. The Morgan fingerprint density at radius 1 is 1.07 bits per heavy atom. The second kappa shape index (κ2) is 7.47. The maximum absolute atomic E-state index is 13.3. The SMILES string of the molecule is CC(C)CCOC(=O)[C@]1(C)CCC[C@@]2(C)[C@@H]3CC[C@@]4(C)C[C@]3(CC[C@@H]21)[C@H](CO)[C@H]4O. The summed E-state index contributed by atoms with van der Waals surface area (Å²) in [5, 5.41) is 21.4. The molecule has 4 aliphatic rings. The Morgan fingerprint density at radius 2 is 1.77 bits per heavy atom. The second-order valence-electron chi connectivity index (χ2n) is 12.6. The molecule has 0 aromatic rings. The third kappa shape index (κ3) is 3.03. The fraction of sp³-hybridized carbons (Fsp3) is 0.962. The van der Waals surface area contributed by atoms with Gasteiger partial charge in [-0.2, -0.15) is 0 Å². The number of aliphatic hydroxyl groups excluding tert-OH is 2. The van der Waals surface area contributed by atoms with Gasteiger partial charge < -0.3 is 14.9 Å². The third-order valence-electron chi connectivity index (χ3n) is 10.5. The molecule has 4 aliphatic carbocycles. The van der Waals surface area contributed by atoms with E-state index in [1.165, 1.54) is 0 Å². The van der Waals surface area contributed by atoms with Crippen molar-refractivity contribution in [2.45, 2.75) is 98.5 Å². The second-order valence-corrected chi connectivity index (χ2v) is 12.6. The number of aliphatic hydroxyl groups is 2. The van der Waals surface area contributed by atoms with E-state index in [0.717, 1.165) is 57.8 Å². The summed E-state index contributed by atoms with van der Waals surface area (Å²) < 4.78 is 5.84. The zero-order chi connectivity index (χ0) is 21.9. The molecule has 0 saturated heterocycles. The van der Waals surface area contributed by atoms with Crippen LogP contribution in [0.5, 0.6) is 0 Å². The van der Waals surface area contributed by atoms with Gasteiger partial charge in [0.15, 0.2) is 0 Å². The van der Waals surface area contributed by atoms with Crippen LogP contribution >= 0.6 is 0 Å². The summed E-state index contributed by atoms with van der Waals surface area (Å²) in [7, 11) is 0. The number of hydrogen-bond donors (Lipinski definition) is 2. The summed E-state index contributed by atoms with van der Waals surface area (Å²) in [5.74, 6) is 1.36. The molecule has 0 aromatic heterocycles. The monoisotopic (exact) mass is 420 g/mol. The van der Waals surface area contributed by atoms with Crippen molar-refractivity contribution in [1.29, 1.82) is 0 Å². The fourth-order valence-corrected chi connectivity index (χ4v) is 9.07. The van der Waals surface area contributed by atoms with E-state index in [1.54, 1.807) is 0 Å². The first-order chi connectivity index (χ1) is 14.0. The minimum Gasteiger partial charge on any atom is -0.465 e.